The van der Waals surface area contributed by atoms with Gasteiger partial charge in [0.15, 0.2) is 0 Å². The summed E-state index contributed by atoms with van der Waals surface area (Å²) in [5, 5.41) is 3.27. The third-order valence-electron chi connectivity index (χ3n) is 3.58. The summed E-state index contributed by atoms with van der Waals surface area (Å²) in [5.41, 5.74) is 1.73. The average Bonchev–Trinajstić information content (AvgIpc) is 2.62. The SMILES string of the molecule is COCO[C@@H](c1ccccc1Cl)[C@H](C)OC(=O)NCc1ccccc1. The maximum absolute atomic E-state index is 12.1. The second-order valence-corrected chi connectivity index (χ2v) is 5.87. The zero-order valence-corrected chi connectivity index (χ0v) is 15.0. The quantitative estimate of drug-likeness (QED) is 0.710. The van der Waals surface area contributed by atoms with E-state index in [0.29, 0.717) is 11.6 Å². The van der Waals surface area contributed by atoms with Crippen LogP contribution in [0.25, 0.3) is 0 Å². The van der Waals surface area contributed by atoms with Gasteiger partial charge >= 0.3 is 6.09 Å². The van der Waals surface area contributed by atoms with Crippen LogP contribution < -0.4 is 5.32 Å². The van der Waals surface area contributed by atoms with Crippen LogP contribution in [0.2, 0.25) is 5.02 Å². The molecule has 0 unspecified atom stereocenters. The normalized spacial score (nSPS) is 13.1. The van der Waals surface area contributed by atoms with Gasteiger partial charge in [-0.2, -0.15) is 0 Å². The van der Waals surface area contributed by atoms with Gasteiger partial charge in [-0.15, -0.1) is 0 Å². The van der Waals surface area contributed by atoms with Crippen LogP contribution >= 0.6 is 11.6 Å². The van der Waals surface area contributed by atoms with Crippen molar-refractivity contribution in [2.24, 2.45) is 0 Å². The largest absolute Gasteiger partial charge is 0.443 e. The molecule has 2 atom stereocenters. The number of carbonyl (C=O) groups is 1. The second-order valence-electron chi connectivity index (χ2n) is 5.46. The van der Waals surface area contributed by atoms with Gasteiger partial charge in [-0.3, -0.25) is 0 Å². The molecule has 6 heteroatoms. The topological polar surface area (TPSA) is 56.8 Å². The average molecular weight is 364 g/mol. The van der Waals surface area contributed by atoms with Crippen molar-refractivity contribution in [3.8, 4) is 0 Å². The summed E-state index contributed by atoms with van der Waals surface area (Å²) in [7, 11) is 1.53. The molecule has 2 aromatic carbocycles. The fourth-order valence-corrected chi connectivity index (χ4v) is 2.61. The third kappa shape index (κ3) is 6.05. The summed E-state index contributed by atoms with van der Waals surface area (Å²) in [6.45, 7) is 2.21. The number of carbonyl (C=O) groups excluding carboxylic acids is 1. The molecule has 5 nitrogen and oxygen atoms in total. The molecule has 25 heavy (non-hydrogen) atoms. The Balaban J connectivity index is 1.97. The van der Waals surface area contributed by atoms with Crippen LogP contribution in [-0.2, 0) is 20.8 Å². The lowest BCUT2D eigenvalue weighted by Gasteiger charge is -2.25. The first-order chi connectivity index (χ1) is 12.1. The van der Waals surface area contributed by atoms with E-state index < -0.39 is 18.3 Å². The number of alkyl carbamates (subject to hydrolysis) is 1. The molecule has 0 radical (unpaired) electrons. The second kappa shape index (κ2) is 10.0. The molecule has 0 bridgehead atoms. The Bertz CT molecular complexity index is 665. The first-order valence-electron chi connectivity index (χ1n) is 7.95. The number of hydrogen-bond donors (Lipinski definition) is 1. The Kier molecular flexibility index (Phi) is 7.73. The Morgan fingerprint density at radius 3 is 2.48 bits per heavy atom. The van der Waals surface area contributed by atoms with Gasteiger partial charge in [-0.05, 0) is 18.6 Å². The molecule has 2 aromatic rings. The van der Waals surface area contributed by atoms with Crippen molar-refractivity contribution in [3.63, 3.8) is 0 Å². The van der Waals surface area contributed by atoms with Gasteiger partial charge in [0, 0.05) is 24.2 Å². The van der Waals surface area contributed by atoms with Gasteiger partial charge in [-0.25, -0.2) is 4.79 Å². The van der Waals surface area contributed by atoms with Gasteiger partial charge in [0.2, 0.25) is 0 Å². The molecule has 0 heterocycles. The van der Waals surface area contributed by atoms with E-state index in [2.05, 4.69) is 5.32 Å². The van der Waals surface area contributed by atoms with Crippen LogP contribution in [0.5, 0.6) is 0 Å². The van der Waals surface area contributed by atoms with Crippen LogP contribution in [0, 0.1) is 0 Å². The Hall–Kier alpha value is -2.08. The molecular formula is C19H22ClNO4. The number of amides is 1. The van der Waals surface area contributed by atoms with Crippen molar-refractivity contribution in [2.75, 3.05) is 13.9 Å². The molecule has 0 spiro atoms. The van der Waals surface area contributed by atoms with Gasteiger partial charge in [0.25, 0.3) is 0 Å². The molecule has 0 saturated carbocycles. The van der Waals surface area contributed by atoms with Crippen LogP contribution in [0.3, 0.4) is 0 Å². The Morgan fingerprint density at radius 2 is 1.80 bits per heavy atom. The Morgan fingerprint density at radius 1 is 1.12 bits per heavy atom. The zero-order valence-electron chi connectivity index (χ0n) is 14.3. The molecule has 0 aliphatic rings. The minimum Gasteiger partial charge on any atom is -0.443 e. The molecule has 1 N–H and O–H groups in total. The van der Waals surface area contributed by atoms with Gasteiger partial charge < -0.3 is 19.5 Å². The summed E-state index contributed by atoms with van der Waals surface area (Å²) >= 11 is 6.24. The first kappa shape index (κ1) is 19.2. The predicted octanol–water partition coefficient (Wildman–Crippen LogP) is 4.32. The maximum atomic E-state index is 12.1. The van der Waals surface area contributed by atoms with E-state index in [9.17, 15) is 4.79 Å². The number of halogens is 1. The third-order valence-corrected chi connectivity index (χ3v) is 3.92. The van der Waals surface area contributed by atoms with Crippen LogP contribution in [0.15, 0.2) is 54.6 Å². The monoisotopic (exact) mass is 363 g/mol. The molecule has 0 aliphatic heterocycles. The number of hydrogen-bond acceptors (Lipinski definition) is 4. The number of ether oxygens (including phenoxy) is 3. The van der Waals surface area contributed by atoms with Crippen molar-refractivity contribution in [1.29, 1.82) is 0 Å². The lowest BCUT2D eigenvalue weighted by Crippen LogP contribution is -2.31. The lowest BCUT2D eigenvalue weighted by atomic mass is 10.1. The highest BCUT2D eigenvalue weighted by molar-refractivity contribution is 6.31. The molecule has 134 valence electrons. The van der Waals surface area contributed by atoms with Crippen LogP contribution in [0.1, 0.15) is 24.2 Å². The van der Waals surface area contributed by atoms with E-state index in [0.717, 1.165) is 11.1 Å². The van der Waals surface area contributed by atoms with E-state index >= 15 is 0 Å². The highest BCUT2D eigenvalue weighted by Gasteiger charge is 2.25. The van der Waals surface area contributed by atoms with E-state index in [1.165, 1.54) is 7.11 Å². The fourth-order valence-electron chi connectivity index (χ4n) is 2.37. The number of methoxy groups -OCH3 is 1. The fraction of sp³-hybridized carbons (Fsp3) is 0.316. The predicted molar refractivity (Wildman–Crippen MR) is 96.4 cm³/mol. The van der Waals surface area contributed by atoms with Crippen molar-refractivity contribution < 1.29 is 19.0 Å². The van der Waals surface area contributed by atoms with Crippen molar-refractivity contribution in [1.82, 2.24) is 5.32 Å². The van der Waals surface area contributed by atoms with Gasteiger partial charge in [0.1, 0.15) is 19.0 Å². The van der Waals surface area contributed by atoms with Crippen LogP contribution in [0.4, 0.5) is 4.79 Å². The minimum absolute atomic E-state index is 0.0647. The van der Waals surface area contributed by atoms with Crippen molar-refractivity contribution in [2.45, 2.75) is 25.7 Å². The molecule has 0 fully saturated rings. The summed E-state index contributed by atoms with van der Waals surface area (Å²) in [6.07, 6.45) is -1.60. The van der Waals surface area contributed by atoms with Gasteiger partial charge in [0.05, 0.1) is 0 Å². The van der Waals surface area contributed by atoms with Crippen LogP contribution in [-0.4, -0.2) is 26.1 Å². The molecular weight excluding hydrogens is 342 g/mol. The van der Waals surface area contributed by atoms with E-state index in [-0.39, 0.29) is 6.79 Å². The van der Waals surface area contributed by atoms with E-state index in [1.54, 1.807) is 13.0 Å². The molecule has 2 rings (SSSR count). The maximum Gasteiger partial charge on any atom is 0.407 e. The zero-order chi connectivity index (χ0) is 18.1. The van der Waals surface area contributed by atoms with Gasteiger partial charge in [-0.1, -0.05) is 60.1 Å². The standard InChI is InChI=1S/C19H22ClNO4/c1-14(25-19(22)21-12-15-8-4-3-5-9-15)18(24-13-23-2)16-10-6-7-11-17(16)20/h3-11,14,18H,12-13H2,1-2H3,(H,21,22)/t14-,18+/m0/s1. The summed E-state index contributed by atoms with van der Waals surface area (Å²) in [6, 6.07) is 16.9. The summed E-state index contributed by atoms with van der Waals surface area (Å²) in [5.74, 6) is 0. The van der Waals surface area contributed by atoms with Crippen molar-refractivity contribution in [3.05, 3.63) is 70.7 Å². The lowest BCUT2D eigenvalue weighted by molar-refractivity contribution is -0.112. The van der Waals surface area contributed by atoms with E-state index in [4.69, 9.17) is 25.8 Å². The molecule has 0 saturated heterocycles. The molecule has 0 aromatic heterocycles. The first-order valence-corrected chi connectivity index (χ1v) is 8.33. The molecule has 1 amide bonds. The number of rotatable bonds is 8. The van der Waals surface area contributed by atoms with E-state index in [1.807, 2.05) is 48.5 Å². The minimum atomic E-state index is -0.550. The highest BCUT2D eigenvalue weighted by atomic mass is 35.5. The van der Waals surface area contributed by atoms with Crippen molar-refractivity contribution >= 4 is 17.7 Å². The number of benzene rings is 2. The summed E-state index contributed by atoms with van der Waals surface area (Å²) in [4.78, 5) is 12.1. The Labute approximate surface area is 152 Å². The molecule has 0 aliphatic carbocycles. The smallest absolute Gasteiger partial charge is 0.407 e. The highest BCUT2D eigenvalue weighted by Crippen LogP contribution is 2.29. The number of nitrogens with one attached hydrogen (secondary N) is 1. The summed E-state index contributed by atoms with van der Waals surface area (Å²) < 4.78 is 16.1.